The average molecular weight is 255 g/mol. The number of aliphatic hydroxyl groups excluding tert-OH is 1. The third-order valence-electron chi connectivity index (χ3n) is 3.04. The smallest absolute Gasteiger partial charge is 0.114 e. The minimum Gasteiger partial charge on any atom is -0.383 e. The van der Waals surface area contributed by atoms with E-state index in [2.05, 4.69) is 4.98 Å². The quantitative estimate of drug-likeness (QED) is 0.757. The summed E-state index contributed by atoms with van der Waals surface area (Å²) in [6.45, 7) is 2.05. The highest BCUT2D eigenvalue weighted by Gasteiger charge is 2.14. The molecule has 3 heteroatoms. The van der Waals surface area contributed by atoms with E-state index in [0.29, 0.717) is 0 Å². The highest BCUT2D eigenvalue weighted by atomic mass is 32.1. The second-order valence-corrected chi connectivity index (χ2v) is 5.61. The zero-order chi connectivity index (χ0) is 12.5. The predicted octanol–water partition coefficient (Wildman–Crippen LogP) is 3.69. The van der Waals surface area contributed by atoms with Crippen LogP contribution in [-0.4, -0.2) is 10.1 Å². The van der Waals surface area contributed by atoms with Crippen molar-refractivity contribution in [3.63, 3.8) is 0 Å². The van der Waals surface area contributed by atoms with Gasteiger partial charge in [0.05, 0.1) is 0 Å². The van der Waals surface area contributed by atoms with Crippen LogP contribution in [0.5, 0.6) is 0 Å². The van der Waals surface area contributed by atoms with Crippen LogP contribution in [0.2, 0.25) is 0 Å². The normalized spacial score (nSPS) is 12.8. The summed E-state index contributed by atoms with van der Waals surface area (Å²) in [5.74, 6) is 0. The number of aromatic nitrogens is 1. The lowest BCUT2D eigenvalue weighted by Crippen LogP contribution is -1.98. The Morgan fingerprint density at radius 2 is 2.06 bits per heavy atom. The van der Waals surface area contributed by atoms with Crippen LogP contribution in [0.15, 0.2) is 48.8 Å². The van der Waals surface area contributed by atoms with E-state index in [4.69, 9.17) is 0 Å². The largest absolute Gasteiger partial charge is 0.383 e. The Hall–Kier alpha value is -1.71. The summed E-state index contributed by atoms with van der Waals surface area (Å²) in [6.07, 6.45) is 3.01. The molecule has 0 spiro atoms. The zero-order valence-electron chi connectivity index (χ0n) is 10.00. The number of hydrogen-bond acceptors (Lipinski definition) is 3. The number of thiophene rings is 1. The fraction of sp³-hybridized carbons (Fsp3) is 0.133. The van der Waals surface area contributed by atoms with Gasteiger partial charge in [-0.25, -0.2) is 0 Å². The molecule has 2 heterocycles. The Morgan fingerprint density at radius 1 is 1.17 bits per heavy atom. The van der Waals surface area contributed by atoms with Gasteiger partial charge in [-0.05, 0) is 36.1 Å². The van der Waals surface area contributed by atoms with Gasteiger partial charge in [-0.1, -0.05) is 18.2 Å². The monoisotopic (exact) mass is 255 g/mol. The van der Waals surface area contributed by atoms with E-state index in [9.17, 15) is 5.11 Å². The SMILES string of the molecule is Cc1ccc(C(O)c2cccc3ccncc23)s1. The standard InChI is InChI=1S/C15H13NOS/c1-10-5-6-14(18-10)15(17)12-4-2-3-11-7-8-16-9-13(11)12/h2-9,15,17H,1H3. The summed E-state index contributed by atoms with van der Waals surface area (Å²) in [5.41, 5.74) is 0.919. The first kappa shape index (κ1) is 11.4. The fourth-order valence-electron chi connectivity index (χ4n) is 2.13. The number of aryl methyl sites for hydroxylation is 1. The van der Waals surface area contributed by atoms with Crippen molar-refractivity contribution < 1.29 is 5.11 Å². The van der Waals surface area contributed by atoms with Crippen molar-refractivity contribution in [2.24, 2.45) is 0 Å². The van der Waals surface area contributed by atoms with E-state index >= 15 is 0 Å². The topological polar surface area (TPSA) is 33.1 Å². The molecule has 0 saturated heterocycles. The summed E-state index contributed by atoms with van der Waals surface area (Å²) in [4.78, 5) is 6.33. The van der Waals surface area contributed by atoms with Gasteiger partial charge >= 0.3 is 0 Å². The van der Waals surface area contributed by atoms with Gasteiger partial charge in [-0.3, -0.25) is 4.98 Å². The highest BCUT2D eigenvalue weighted by Crippen LogP contribution is 2.31. The Kier molecular flexibility index (Phi) is 2.86. The minimum absolute atomic E-state index is 0.573. The van der Waals surface area contributed by atoms with Crippen molar-refractivity contribution in [1.82, 2.24) is 4.98 Å². The van der Waals surface area contributed by atoms with Crippen LogP contribution in [0.4, 0.5) is 0 Å². The second kappa shape index (κ2) is 4.52. The third kappa shape index (κ3) is 1.92. The van der Waals surface area contributed by atoms with Crippen molar-refractivity contribution in [2.75, 3.05) is 0 Å². The van der Waals surface area contributed by atoms with Crippen molar-refractivity contribution in [1.29, 1.82) is 0 Å². The van der Waals surface area contributed by atoms with Gasteiger partial charge in [0.15, 0.2) is 0 Å². The van der Waals surface area contributed by atoms with Crippen LogP contribution in [0.3, 0.4) is 0 Å². The number of rotatable bonds is 2. The van der Waals surface area contributed by atoms with E-state index in [1.54, 1.807) is 17.5 Å². The molecule has 2 aromatic heterocycles. The number of hydrogen-bond donors (Lipinski definition) is 1. The van der Waals surface area contributed by atoms with Crippen molar-refractivity contribution in [3.05, 3.63) is 64.1 Å². The Labute approximate surface area is 110 Å². The molecule has 1 unspecified atom stereocenters. The van der Waals surface area contributed by atoms with Crippen LogP contribution in [0, 0.1) is 6.92 Å². The molecule has 0 saturated carbocycles. The van der Waals surface area contributed by atoms with Crippen LogP contribution < -0.4 is 0 Å². The maximum Gasteiger partial charge on any atom is 0.114 e. The first-order chi connectivity index (χ1) is 8.75. The van der Waals surface area contributed by atoms with Crippen molar-refractivity contribution in [2.45, 2.75) is 13.0 Å². The third-order valence-corrected chi connectivity index (χ3v) is 4.10. The van der Waals surface area contributed by atoms with Gasteiger partial charge < -0.3 is 5.11 Å². The van der Waals surface area contributed by atoms with E-state index in [1.807, 2.05) is 49.5 Å². The molecular formula is C15H13NOS. The molecule has 1 aromatic carbocycles. The van der Waals surface area contributed by atoms with E-state index in [1.165, 1.54) is 4.88 Å². The summed E-state index contributed by atoms with van der Waals surface area (Å²) < 4.78 is 0. The molecule has 3 aromatic rings. The molecule has 0 amide bonds. The number of aliphatic hydroxyl groups is 1. The Morgan fingerprint density at radius 3 is 2.83 bits per heavy atom. The van der Waals surface area contributed by atoms with E-state index in [0.717, 1.165) is 21.2 Å². The van der Waals surface area contributed by atoms with Gasteiger partial charge in [0, 0.05) is 27.5 Å². The molecule has 0 aliphatic rings. The van der Waals surface area contributed by atoms with Crippen LogP contribution in [0.25, 0.3) is 10.8 Å². The summed E-state index contributed by atoms with van der Waals surface area (Å²) in [5, 5.41) is 12.6. The summed E-state index contributed by atoms with van der Waals surface area (Å²) in [7, 11) is 0. The molecule has 3 rings (SSSR count). The second-order valence-electron chi connectivity index (χ2n) is 4.30. The van der Waals surface area contributed by atoms with Gasteiger partial charge in [0.1, 0.15) is 6.10 Å². The first-order valence-corrected chi connectivity index (χ1v) is 6.64. The number of benzene rings is 1. The van der Waals surface area contributed by atoms with Gasteiger partial charge in [0.2, 0.25) is 0 Å². The van der Waals surface area contributed by atoms with Crippen LogP contribution in [-0.2, 0) is 0 Å². The Bertz CT molecular complexity index is 684. The summed E-state index contributed by atoms with van der Waals surface area (Å²) >= 11 is 1.63. The van der Waals surface area contributed by atoms with E-state index < -0.39 is 6.10 Å². The molecule has 1 atom stereocenters. The van der Waals surface area contributed by atoms with Gasteiger partial charge in [-0.15, -0.1) is 11.3 Å². The van der Waals surface area contributed by atoms with Crippen molar-refractivity contribution >= 4 is 22.1 Å². The fourth-order valence-corrected chi connectivity index (χ4v) is 3.01. The highest BCUT2D eigenvalue weighted by molar-refractivity contribution is 7.12. The van der Waals surface area contributed by atoms with Crippen molar-refractivity contribution in [3.8, 4) is 0 Å². The van der Waals surface area contributed by atoms with Gasteiger partial charge in [0.25, 0.3) is 0 Å². The van der Waals surface area contributed by atoms with E-state index in [-0.39, 0.29) is 0 Å². The molecule has 2 nitrogen and oxygen atoms in total. The Balaban J connectivity index is 2.14. The molecule has 1 N–H and O–H groups in total. The van der Waals surface area contributed by atoms with Gasteiger partial charge in [-0.2, -0.15) is 0 Å². The molecule has 0 aliphatic heterocycles. The maximum absolute atomic E-state index is 10.5. The lowest BCUT2D eigenvalue weighted by Gasteiger charge is -2.11. The average Bonchev–Trinajstić information content (AvgIpc) is 2.84. The number of fused-ring (bicyclic) bond motifs is 1. The first-order valence-electron chi connectivity index (χ1n) is 5.83. The van der Waals surface area contributed by atoms with Crippen LogP contribution >= 0.6 is 11.3 Å². The molecule has 90 valence electrons. The lowest BCUT2D eigenvalue weighted by molar-refractivity contribution is 0.225. The lowest BCUT2D eigenvalue weighted by atomic mass is 10.0. The predicted molar refractivity (Wildman–Crippen MR) is 74.9 cm³/mol. The molecule has 0 bridgehead atoms. The zero-order valence-corrected chi connectivity index (χ0v) is 10.8. The number of nitrogens with zero attached hydrogens (tertiary/aromatic N) is 1. The molecule has 0 aliphatic carbocycles. The molecular weight excluding hydrogens is 242 g/mol. The molecule has 0 fully saturated rings. The summed E-state index contributed by atoms with van der Waals surface area (Å²) in [6, 6.07) is 12.0. The molecule has 18 heavy (non-hydrogen) atoms. The number of pyridine rings is 1. The minimum atomic E-state index is -0.573. The molecule has 0 radical (unpaired) electrons. The van der Waals surface area contributed by atoms with Crippen LogP contribution in [0.1, 0.15) is 21.4 Å². The maximum atomic E-state index is 10.5.